The zero-order valence-corrected chi connectivity index (χ0v) is 11.7. The number of esters is 1. The Morgan fingerprint density at radius 3 is 2.00 bits per heavy atom. The van der Waals surface area contributed by atoms with Gasteiger partial charge in [-0.2, -0.15) is 0 Å². The fourth-order valence-electron chi connectivity index (χ4n) is 1.95. The number of rotatable bonds is 5. The molecule has 2 rings (SSSR count). The highest BCUT2D eigenvalue weighted by molar-refractivity contribution is 6.09. The van der Waals surface area contributed by atoms with Crippen LogP contribution in [-0.2, 0) is 16.0 Å². The maximum atomic E-state index is 12.2. The summed E-state index contributed by atoms with van der Waals surface area (Å²) in [7, 11) is 1.36. The number of ether oxygens (including phenoxy) is 1. The highest BCUT2D eigenvalue weighted by Gasteiger charge is 2.09. The molecule has 0 fully saturated rings. The van der Waals surface area contributed by atoms with Crippen molar-refractivity contribution in [2.45, 2.75) is 12.8 Å². The van der Waals surface area contributed by atoms with Crippen LogP contribution in [-0.4, -0.2) is 24.0 Å². The van der Waals surface area contributed by atoms with Gasteiger partial charge >= 0.3 is 5.97 Å². The standard InChI is InChI=1S/C17H16O4/c1-21-16(19)11-4-12-2-5-13(6-3-12)17(20)14-7-9-15(18)10-8-14/h2-3,5-10,18H,4,11H2,1H3. The number of hydrogen-bond donors (Lipinski definition) is 1. The zero-order valence-electron chi connectivity index (χ0n) is 11.7. The fourth-order valence-corrected chi connectivity index (χ4v) is 1.95. The van der Waals surface area contributed by atoms with Crippen molar-refractivity contribution in [3.8, 4) is 5.75 Å². The Morgan fingerprint density at radius 1 is 0.952 bits per heavy atom. The molecule has 0 radical (unpaired) electrons. The second kappa shape index (κ2) is 6.70. The van der Waals surface area contributed by atoms with E-state index in [4.69, 9.17) is 0 Å². The normalized spacial score (nSPS) is 10.1. The third kappa shape index (κ3) is 3.92. The van der Waals surface area contributed by atoms with Gasteiger partial charge in [0.1, 0.15) is 5.75 Å². The number of aromatic hydroxyl groups is 1. The Labute approximate surface area is 123 Å². The van der Waals surface area contributed by atoms with Crippen molar-refractivity contribution in [3.63, 3.8) is 0 Å². The molecule has 0 saturated heterocycles. The van der Waals surface area contributed by atoms with Crippen LogP contribution in [0.1, 0.15) is 27.9 Å². The second-order valence-electron chi connectivity index (χ2n) is 4.65. The molecule has 108 valence electrons. The molecule has 2 aromatic carbocycles. The summed E-state index contributed by atoms with van der Waals surface area (Å²) in [6.07, 6.45) is 0.905. The monoisotopic (exact) mass is 284 g/mol. The third-order valence-corrected chi connectivity index (χ3v) is 3.19. The first kappa shape index (κ1) is 14.8. The first-order valence-corrected chi connectivity index (χ1v) is 6.59. The average molecular weight is 284 g/mol. The van der Waals surface area contributed by atoms with Crippen molar-refractivity contribution in [2.75, 3.05) is 7.11 Å². The number of phenolic OH excluding ortho intramolecular Hbond substituents is 1. The molecule has 1 N–H and O–H groups in total. The summed E-state index contributed by atoms with van der Waals surface area (Å²) >= 11 is 0. The van der Waals surface area contributed by atoms with Gasteiger partial charge in [0.15, 0.2) is 5.78 Å². The largest absolute Gasteiger partial charge is 0.508 e. The van der Waals surface area contributed by atoms with Crippen molar-refractivity contribution in [1.82, 2.24) is 0 Å². The van der Waals surface area contributed by atoms with E-state index in [0.29, 0.717) is 24.0 Å². The van der Waals surface area contributed by atoms with Gasteiger partial charge in [-0.15, -0.1) is 0 Å². The molecule has 0 aliphatic rings. The summed E-state index contributed by atoms with van der Waals surface area (Å²) < 4.78 is 4.59. The van der Waals surface area contributed by atoms with Crippen molar-refractivity contribution >= 4 is 11.8 Å². The SMILES string of the molecule is COC(=O)CCc1ccc(C(=O)c2ccc(O)cc2)cc1. The van der Waals surface area contributed by atoms with Gasteiger partial charge in [0.25, 0.3) is 0 Å². The molecule has 0 atom stereocenters. The molecule has 0 saturated carbocycles. The minimum absolute atomic E-state index is 0.102. The van der Waals surface area contributed by atoms with Crippen LogP contribution in [0.3, 0.4) is 0 Å². The molecular formula is C17H16O4. The summed E-state index contributed by atoms with van der Waals surface area (Å²) in [5.74, 6) is -0.224. The van der Waals surface area contributed by atoms with Crippen LogP contribution in [0, 0.1) is 0 Å². The molecular weight excluding hydrogens is 268 g/mol. The number of methoxy groups -OCH3 is 1. The van der Waals surface area contributed by atoms with Crippen molar-refractivity contribution in [1.29, 1.82) is 0 Å². The third-order valence-electron chi connectivity index (χ3n) is 3.19. The molecule has 0 amide bonds. The lowest BCUT2D eigenvalue weighted by Gasteiger charge is -2.04. The summed E-state index contributed by atoms with van der Waals surface area (Å²) in [5.41, 5.74) is 2.07. The molecule has 0 aliphatic carbocycles. The Morgan fingerprint density at radius 2 is 1.48 bits per heavy atom. The first-order chi connectivity index (χ1) is 10.1. The Bertz CT molecular complexity index is 627. The van der Waals surface area contributed by atoms with E-state index in [9.17, 15) is 14.7 Å². The van der Waals surface area contributed by atoms with E-state index < -0.39 is 0 Å². The van der Waals surface area contributed by atoms with Gasteiger partial charge in [-0.3, -0.25) is 9.59 Å². The molecule has 0 heterocycles. The minimum atomic E-state index is -0.251. The van der Waals surface area contributed by atoms with Crippen LogP contribution < -0.4 is 0 Å². The van der Waals surface area contributed by atoms with E-state index in [-0.39, 0.29) is 17.5 Å². The number of ketones is 1. The molecule has 4 nitrogen and oxygen atoms in total. The average Bonchev–Trinajstić information content (AvgIpc) is 2.53. The van der Waals surface area contributed by atoms with Gasteiger partial charge in [-0.1, -0.05) is 24.3 Å². The van der Waals surface area contributed by atoms with Crippen molar-refractivity contribution in [2.24, 2.45) is 0 Å². The number of benzene rings is 2. The summed E-state index contributed by atoms with van der Waals surface area (Å²) in [6.45, 7) is 0. The molecule has 0 unspecified atom stereocenters. The van der Waals surface area contributed by atoms with Crippen LogP contribution in [0.15, 0.2) is 48.5 Å². The number of aryl methyl sites for hydroxylation is 1. The predicted octanol–water partition coefficient (Wildman–Crippen LogP) is 2.73. The lowest BCUT2D eigenvalue weighted by Crippen LogP contribution is -2.03. The Balaban J connectivity index is 2.06. The number of carbonyl (C=O) groups excluding carboxylic acids is 2. The molecule has 0 spiro atoms. The first-order valence-electron chi connectivity index (χ1n) is 6.59. The predicted molar refractivity (Wildman–Crippen MR) is 78.3 cm³/mol. The van der Waals surface area contributed by atoms with Crippen LogP contribution >= 0.6 is 0 Å². The summed E-state index contributed by atoms with van der Waals surface area (Å²) in [5, 5.41) is 9.22. The molecule has 0 bridgehead atoms. The van der Waals surface area contributed by atoms with Gasteiger partial charge in [0.05, 0.1) is 7.11 Å². The number of carbonyl (C=O) groups is 2. The maximum Gasteiger partial charge on any atom is 0.305 e. The van der Waals surface area contributed by atoms with Crippen LogP contribution in [0.4, 0.5) is 0 Å². The Hall–Kier alpha value is -2.62. The molecule has 4 heteroatoms. The Kier molecular flexibility index (Phi) is 4.72. The van der Waals surface area contributed by atoms with Crippen LogP contribution in [0.25, 0.3) is 0 Å². The van der Waals surface area contributed by atoms with E-state index in [1.807, 2.05) is 12.1 Å². The van der Waals surface area contributed by atoms with Gasteiger partial charge in [-0.25, -0.2) is 0 Å². The van der Waals surface area contributed by atoms with Crippen molar-refractivity contribution in [3.05, 3.63) is 65.2 Å². The van der Waals surface area contributed by atoms with E-state index >= 15 is 0 Å². The number of hydrogen-bond acceptors (Lipinski definition) is 4. The summed E-state index contributed by atoms with van der Waals surface area (Å²) in [4.78, 5) is 23.3. The lowest BCUT2D eigenvalue weighted by molar-refractivity contribution is -0.140. The molecule has 21 heavy (non-hydrogen) atoms. The quantitative estimate of drug-likeness (QED) is 0.677. The van der Waals surface area contributed by atoms with Gasteiger partial charge in [-0.05, 0) is 36.2 Å². The van der Waals surface area contributed by atoms with Crippen molar-refractivity contribution < 1.29 is 19.4 Å². The molecule has 0 aliphatic heterocycles. The molecule has 2 aromatic rings. The summed E-state index contributed by atoms with van der Waals surface area (Å²) in [6, 6.07) is 13.3. The van der Waals surface area contributed by atoms with Crippen LogP contribution in [0.5, 0.6) is 5.75 Å². The fraction of sp³-hybridized carbons (Fsp3) is 0.176. The smallest absolute Gasteiger partial charge is 0.305 e. The lowest BCUT2D eigenvalue weighted by atomic mass is 10.0. The van der Waals surface area contributed by atoms with E-state index in [0.717, 1.165) is 5.56 Å². The van der Waals surface area contributed by atoms with E-state index in [2.05, 4.69) is 4.74 Å². The highest BCUT2D eigenvalue weighted by Crippen LogP contribution is 2.15. The highest BCUT2D eigenvalue weighted by atomic mass is 16.5. The molecule has 0 aromatic heterocycles. The topological polar surface area (TPSA) is 63.6 Å². The van der Waals surface area contributed by atoms with Gasteiger partial charge < -0.3 is 9.84 Å². The zero-order chi connectivity index (χ0) is 15.2. The van der Waals surface area contributed by atoms with E-state index in [1.54, 1.807) is 24.3 Å². The van der Waals surface area contributed by atoms with E-state index in [1.165, 1.54) is 19.2 Å². The van der Waals surface area contributed by atoms with Gasteiger partial charge in [0, 0.05) is 17.5 Å². The second-order valence-corrected chi connectivity index (χ2v) is 4.65. The maximum absolute atomic E-state index is 12.2. The van der Waals surface area contributed by atoms with Gasteiger partial charge in [0.2, 0.25) is 0 Å². The number of phenols is 1. The van der Waals surface area contributed by atoms with Crippen LogP contribution in [0.2, 0.25) is 0 Å². The minimum Gasteiger partial charge on any atom is -0.508 e.